The van der Waals surface area contributed by atoms with Crippen molar-refractivity contribution in [3.63, 3.8) is 0 Å². The van der Waals surface area contributed by atoms with Crippen LogP contribution >= 0.6 is 0 Å². The van der Waals surface area contributed by atoms with Crippen molar-refractivity contribution in [2.24, 2.45) is 0 Å². The number of ether oxygens (including phenoxy) is 1. The Hall–Kier alpha value is -2.31. The van der Waals surface area contributed by atoms with Crippen molar-refractivity contribution in [3.05, 3.63) is 45.2 Å². The van der Waals surface area contributed by atoms with Crippen molar-refractivity contribution in [1.82, 2.24) is 4.98 Å². The largest absolute Gasteiger partial charge is 0.462 e. The zero-order chi connectivity index (χ0) is 15.8. The zero-order valence-electron chi connectivity index (χ0n) is 11.3. The zero-order valence-corrected chi connectivity index (χ0v) is 11.3. The normalized spacial score (nSPS) is 11.7. The number of fused-ring (bicyclic) bond motifs is 1. The van der Waals surface area contributed by atoms with Crippen molar-refractivity contribution < 1.29 is 22.7 Å². The van der Waals surface area contributed by atoms with Gasteiger partial charge in [0.15, 0.2) is 0 Å². The van der Waals surface area contributed by atoms with Gasteiger partial charge in [-0.05, 0) is 36.9 Å². The summed E-state index contributed by atoms with van der Waals surface area (Å²) in [5.41, 5.74) is -1.86. The first-order valence-corrected chi connectivity index (χ1v) is 6.16. The Balaban J connectivity index is 2.68. The molecule has 0 aliphatic rings. The molecule has 2 rings (SSSR count). The molecule has 0 bridgehead atoms. The highest BCUT2D eigenvalue weighted by Crippen LogP contribution is 2.34. The molecule has 112 valence electrons. The van der Waals surface area contributed by atoms with Gasteiger partial charge in [-0.3, -0.25) is 4.79 Å². The summed E-state index contributed by atoms with van der Waals surface area (Å²) in [4.78, 5) is 25.7. The summed E-state index contributed by atoms with van der Waals surface area (Å²) < 4.78 is 43.2. The molecule has 0 unspecified atom stereocenters. The number of carbonyl (C=O) groups excluding carboxylic acids is 1. The Morgan fingerprint density at radius 3 is 2.57 bits per heavy atom. The van der Waals surface area contributed by atoms with Gasteiger partial charge in [0.05, 0.1) is 17.7 Å². The van der Waals surface area contributed by atoms with E-state index in [1.165, 1.54) is 19.1 Å². The topological polar surface area (TPSA) is 59.2 Å². The van der Waals surface area contributed by atoms with Gasteiger partial charge in [-0.2, -0.15) is 13.2 Å². The average Bonchev–Trinajstić information content (AvgIpc) is 2.38. The van der Waals surface area contributed by atoms with Crippen molar-refractivity contribution in [2.75, 3.05) is 6.61 Å². The van der Waals surface area contributed by atoms with Crippen LogP contribution in [0.1, 0.15) is 28.4 Å². The standard InChI is InChI=1S/C14H12F3NO3/c1-3-21-13(20)9-6-8-4-5-10(14(15,16)17)7(2)11(8)18-12(9)19/h4-6H,3H2,1-2H3,(H,18,19). The van der Waals surface area contributed by atoms with Crippen LogP contribution in [0.2, 0.25) is 0 Å². The number of benzene rings is 1. The maximum Gasteiger partial charge on any atom is 0.416 e. The Bertz CT molecular complexity index is 762. The van der Waals surface area contributed by atoms with Gasteiger partial charge in [-0.15, -0.1) is 0 Å². The third-order valence-corrected chi connectivity index (χ3v) is 3.08. The number of esters is 1. The van der Waals surface area contributed by atoms with E-state index >= 15 is 0 Å². The molecule has 1 aromatic heterocycles. The second-order valence-electron chi connectivity index (χ2n) is 4.43. The minimum Gasteiger partial charge on any atom is -0.462 e. The molecule has 1 heterocycles. The first kappa shape index (κ1) is 15.1. The van der Waals surface area contributed by atoms with Crippen LogP contribution in [0.4, 0.5) is 13.2 Å². The van der Waals surface area contributed by atoms with E-state index in [0.29, 0.717) is 5.39 Å². The monoisotopic (exact) mass is 299 g/mol. The van der Waals surface area contributed by atoms with Crippen LogP contribution < -0.4 is 5.56 Å². The van der Waals surface area contributed by atoms with Crippen LogP contribution in [-0.2, 0) is 10.9 Å². The van der Waals surface area contributed by atoms with Crippen LogP contribution in [0.15, 0.2) is 23.0 Å². The smallest absolute Gasteiger partial charge is 0.416 e. The van der Waals surface area contributed by atoms with Crippen molar-refractivity contribution in [2.45, 2.75) is 20.0 Å². The number of carbonyl (C=O) groups is 1. The lowest BCUT2D eigenvalue weighted by Gasteiger charge is -2.12. The Morgan fingerprint density at radius 2 is 2.00 bits per heavy atom. The highest BCUT2D eigenvalue weighted by molar-refractivity contribution is 5.94. The lowest BCUT2D eigenvalue weighted by atomic mass is 10.0. The lowest BCUT2D eigenvalue weighted by molar-refractivity contribution is -0.137. The molecule has 4 nitrogen and oxygen atoms in total. The number of aromatic nitrogens is 1. The van der Waals surface area contributed by atoms with Gasteiger partial charge in [0.25, 0.3) is 5.56 Å². The predicted molar refractivity (Wildman–Crippen MR) is 70.3 cm³/mol. The molecule has 0 atom stereocenters. The summed E-state index contributed by atoms with van der Waals surface area (Å²) in [6.07, 6.45) is -4.50. The van der Waals surface area contributed by atoms with E-state index in [0.717, 1.165) is 6.07 Å². The summed E-state index contributed by atoms with van der Waals surface area (Å²) in [5, 5.41) is 0.336. The van der Waals surface area contributed by atoms with Crippen LogP contribution in [0.3, 0.4) is 0 Å². The Kier molecular flexibility index (Phi) is 3.76. The molecular formula is C14H12F3NO3. The van der Waals surface area contributed by atoms with E-state index in [9.17, 15) is 22.8 Å². The molecule has 21 heavy (non-hydrogen) atoms. The molecule has 0 radical (unpaired) electrons. The quantitative estimate of drug-likeness (QED) is 0.867. The maximum absolute atomic E-state index is 12.8. The molecule has 1 N–H and O–H groups in total. The molecule has 0 aliphatic heterocycles. The lowest BCUT2D eigenvalue weighted by Crippen LogP contribution is -2.20. The summed E-state index contributed by atoms with van der Waals surface area (Å²) in [6.45, 7) is 2.96. The van der Waals surface area contributed by atoms with Crippen LogP contribution in [0.5, 0.6) is 0 Å². The van der Waals surface area contributed by atoms with Crippen LogP contribution in [0, 0.1) is 6.92 Å². The molecule has 0 aliphatic carbocycles. The number of rotatable bonds is 2. The number of pyridine rings is 1. The number of hydrogen-bond donors (Lipinski definition) is 1. The minimum absolute atomic E-state index is 0.0582. The van der Waals surface area contributed by atoms with E-state index in [1.54, 1.807) is 6.92 Å². The highest BCUT2D eigenvalue weighted by Gasteiger charge is 2.33. The predicted octanol–water partition coefficient (Wildman–Crippen LogP) is 3.03. The molecule has 0 amide bonds. The van der Waals surface area contributed by atoms with E-state index in [1.807, 2.05) is 0 Å². The van der Waals surface area contributed by atoms with Gasteiger partial charge in [0, 0.05) is 0 Å². The first-order chi connectivity index (χ1) is 9.75. The molecule has 0 saturated heterocycles. The van der Waals surface area contributed by atoms with Gasteiger partial charge >= 0.3 is 12.1 Å². The second-order valence-corrected chi connectivity index (χ2v) is 4.43. The maximum atomic E-state index is 12.8. The van der Waals surface area contributed by atoms with Crippen molar-refractivity contribution in [3.8, 4) is 0 Å². The number of H-pyrrole nitrogens is 1. The Labute approximate surface area is 117 Å². The van der Waals surface area contributed by atoms with E-state index in [-0.39, 0.29) is 23.3 Å². The SMILES string of the molecule is CCOC(=O)c1cc2ccc(C(F)(F)F)c(C)c2[nH]c1=O. The number of aryl methyl sites for hydroxylation is 1. The van der Waals surface area contributed by atoms with Crippen molar-refractivity contribution >= 4 is 16.9 Å². The van der Waals surface area contributed by atoms with Gasteiger partial charge in [-0.1, -0.05) is 6.07 Å². The van der Waals surface area contributed by atoms with Crippen LogP contribution in [-0.4, -0.2) is 17.6 Å². The molecule has 0 fully saturated rings. The number of aromatic amines is 1. The summed E-state index contributed by atoms with van der Waals surface area (Å²) >= 11 is 0. The van der Waals surface area contributed by atoms with Crippen LogP contribution in [0.25, 0.3) is 10.9 Å². The van der Waals surface area contributed by atoms with E-state index < -0.39 is 23.3 Å². The third-order valence-electron chi connectivity index (χ3n) is 3.08. The fourth-order valence-electron chi connectivity index (χ4n) is 2.09. The second kappa shape index (κ2) is 5.23. The van der Waals surface area contributed by atoms with E-state index in [2.05, 4.69) is 4.98 Å². The van der Waals surface area contributed by atoms with E-state index in [4.69, 9.17) is 4.74 Å². The molecule has 7 heteroatoms. The average molecular weight is 299 g/mol. The number of halogens is 3. The number of nitrogens with one attached hydrogen (secondary N) is 1. The van der Waals surface area contributed by atoms with Gasteiger partial charge in [0.2, 0.25) is 0 Å². The Morgan fingerprint density at radius 1 is 1.33 bits per heavy atom. The highest BCUT2D eigenvalue weighted by atomic mass is 19.4. The summed E-state index contributed by atoms with van der Waals surface area (Å²) in [5.74, 6) is -0.807. The number of alkyl halides is 3. The molecular weight excluding hydrogens is 287 g/mol. The van der Waals surface area contributed by atoms with Crippen molar-refractivity contribution in [1.29, 1.82) is 0 Å². The van der Waals surface area contributed by atoms with Gasteiger partial charge in [-0.25, -0.2) is 4.79 Å². The fourth-order valence-corrected chi connectivity index (χ4v) is 2.09. The first-order valence-electron chi connectivity index (χ1n) is 6.16. The molecule has 0 spiro atoms. The summed E-state index contributed by atoms with van der Waals surface area (Å²) in [6, 6.07) is 3.37. The third kappa shape index (κ3) is 2.76. The number of hydrogen-bond acceptors (Lipinski definition) is 3. The summed E-state index contributed by atoms with van der Waals surface area (Å²) in [7, 11) is 0. The molecule has 1 aromatic carbocycles. The fraction of sp³-hybridized carbons (Fsp3) is 0.286. The molecule has 0 saturated carbocycles. The van der Waals surface area contributed by atoms with Gasteiger partial charge in [0.1, 0.15) is 5.56 Å². The molecule has 2 aromatic rings. The van der Waals surface area contributed by atoms with Gasteiger partial charge < -0.3 is 9.72 Å². The minimum atomic E-state index is -4.50.